The van der Waals surface area contributed by atoms with Gasteiger partial charge < -0.3 is 10.0 Å². The number of carboxylic acids is 1. The highest BCUT2D eigenvalue weighted by Crippen LogP contribution is 2.51. The summed E-state index contributed by atoms with van der Waals surface area (Å²) in [7, 11) is 0. The molecule has 3 fully saturated rings. The molecule has 7 nitrogen and oxygen atoms in total. The van der Waals surface area contributed by atoms with Crippen LogP contribution in [0.3, 0.4) is 0 Å². The molecule has 2 heterocycles. The highest BCUT2D eigenvalue weighted by atomic mass is 19.1. The Hall–Kier alpha value is -2.03. The molecule has 0 aromatic heterocycles. The second kappa shape index (κ2) is 6.61. The Morgan fingerprint density at radius 3 is 2.65 bits per heavy atom. The highest BCUT2D eigenvalue weighted by Gasteiger charge is 2.56. The van der Waals surface area contributed by atoms with Gasteiger partial charge in [0.2, 0.25) is 5.91 Å². The molecule has 1 aliphatic carbocycles. The molecule has 0 bridgehead atoms. The van der Waals surface area contributed by atoms with Gasteiger partial charge in [0.05, 0.1) is 11.8 Å². The maximum Gasteiger partial charge on any atom is 0.303 e. The minimum absolute atomic E-state index is 0.0271. The third-order valence-electron chi connectivity index (χ3n) is 5.95. The molecule has 3 aliphatic rings. The first-order valence-electron chi connectivity index (χ1n) is 9.01. The topological polar surface area (TPSA) is 93.7 Å². The van der Waals surface area contributed by atoms with Crippen LogP contribution >= 0.6 is 0 Å². The molecule has 1 aromatic rings. The second-order valence-electron chi connectivity index (χ2n) is 7.55. The van der Waals surface area contributed by atoms with Crippen molar-refractivity contribution in [1.29, 1.82) is 0 Å². The zero-order valence-electron chi connectivity index (χ0n) is 14.4. The number of carbonyl (C=O) groups excluding carboxylic acids is 1. The number of hydrazine groups is 2. The van der Waals surface area contributed by atoms with Gasteiger partial charge in [-0.1, -0.05) is 18.2 Å². The summed E-state index contributed by atoms with van der Waals surface area (Å²) < 4.78 is 14.3. The zero-order chi connectivity index (χ0) is 18.3. The van der Waals surface area contributed by atoms with E-state index in [9.17, 15) is 19.1 Å². The molecule has 26 heavy (non-hydrogen) atoms. The predicted octanol–water partition coefficient (Wildman–Crippen LogP) is 0.388. The molecular weight excluding hydrogens is 339 g/mol. The first kappa shape index (κ1) is 17.4. The van der Waals surface area contributed by atoms with Gasteiger partial charge in [0.25, 0.3) is 0 Å². The largest absolute Gasteiger partial charge is 0.481 e. The number of nitrogens with one attached hydrogen (secondary N) is 3. The number of halogens is 1. The van der Waals surface area contributed by atoms with Crippen molar-refractivity contribution in [1.82, 2.24) is 21.3 Å². The Balaban J connectivity index is 1.55. The zero-order valence-corrected chi connectivity index (χ0v) is 14.4. The number of benzene rings is 1. The number of hydrogen-bond acceptors (Lipinski definition) is 5. The van der Waals surface area contributed by atoms with Gasteiger partial charge in [-0.15, -0.1) is 0 Å². The number of nitrogens with zero attached hydrogens (tertiary/aromatic N) is 1. The quantitative estimate of drug-likeness (QED) is 0.605. The summed E-state index contributed by atoms with van der Waals surface area (Å²) in [4.78, 5) is 26.2. The number of rotatable bonds is 5. The van der Waals surface area contributed by atoms with Gasteiger partial charge in [0.1, 0.15) is 5.82 Å². The Morgan fingerprint density at radius 1 is 1.27 bits per heavy atom. The molecule has 1 saturated carbocycles. The molecule has 2 saturated heterocycles. The summed E-state index contributed by atoms with van der Waals surface area (Å²) in [5.74, 6) is -1.36. The molecule has 0 spiro atoms. The summed E-state index contributed by atoms with van der Waals surface area (Å²) in [6, 6.07) is 6.52. The third-order valence-corrected chi connectivity index (χ3v) is 5.95. The van der Waals surface area contributed by atoms with Crippen LogP contribution in [0.25, 0.3) is 0 Å². The number of likely N-dealkylation sites (tertiary alicyclic amines) is 1. The lowest BCUT2D eigenvalue weighted by Gasteiger charge is -2.24. The molecule has 2 aliphatic heterocycles. The lowest BCUT2D eigenvalue weighted by Crippen LogP contribution is -2.42. The molecular formula is C18H23FN4O3. The smallest absolute Gasteiger partial charge is 0.303 e. The van der Waals surface area contributed by atoms with Crippen molar-refractivity contribution < 1.29 is 19.1 Å². The van der Waals surface area contributed by atoms with Gasteiger partial charge in [-0.2, -0.15) is 5.53 Å². The van der Waals surface area contributed by atoms with Gasteiger partial charge in [-0.05, 0) is 30.7 Å². The van der Waals surface area contributed by atoms with E-state index >= 15 is 0 Å². The monoisotopic (exact) mass is 362 g/mol. The van der Waals surface area contributed by atoms with Crippen molar-refractivity contribution in [3.05, 3.63) is 35.6 Å². The van der Waals surface area contributed by atoms with E-state index in [0.29, 0.717) is 38.0 Å². The number of carboxylic acid groups (broad SMARTS) is 1. The van der Waals surface area contributed by atoms with Crippen LogP contribution in [0.5, 0.6) is 0 Å². The van der Waals surface area contributed by atoms with Crippen molar-refractivity contribution in [2.45, 2.75) is 30.7 Å². The predicted molar refractivity (Wildman–Crippen MR) is 91.2 cm³/mol. The van der Waals surface area contributed by atoms with E-state index in [-0.39, 0.29) is 36.0 Å². The molecule has 4 N–H and O–H groups in total. The average Bonchev–Trinajstić information content (AvgIpc) is 3.03. The lowest BCUT2D eigenvalue weighted by molar-refractivity contribution is -0.139. The minimum atomic E-state index is -0.858. The van der Waals surface area contributed by atoms with Crippen molar-refractivity contribution in [2.75, 3.05) is 19.6 Å². The maximum absolute atomic E-state index is 14.3. The molecule has 0 radical (unpaired) electrons. The van der Waals surface area contributed by atoms with E-state index in [0.717, 1.165) is 0 Å². The van der Waals surface area contributed by atoms with Crippen LogP contribution in [0.15, 0.2) is 24.3 Å². The summed E-state index contributed by atoms with van der Waals surface area (Å²) in [5, 5.41) is 9.24. The second-order valence-corrected chi connectivity index (χ2v) is 7.55. The fraction of sp³-hybridized carbons (Fsp3) is 0.556. The van der Waals surface area contributed by atoms with Crippen molar-refractivity contribution >= 4 is 11.9 Å². The van der Waals surface area contributed by atoms with Gasteiger partial charge in [0, 0.05) is 31.2 Å². The third kappa shape index (κ3) is 2.98. The van der Waals surface area contributed by atoms with Gasteiger partial charge in [-0.25, -0.2) is 15.2 Å². The average molecular weight is 362 g/mol. The maximum atomic E-state index is 14.3. The molecule has 4 rings (SSSR count). The number of amides is 1. The molecule has 1 aromatic carbocycles. The van der Waals surface area contributed by atoms with Crippen molar-refractivity contribution in [3.8, 4) is 0 Å². The van der Waals surface area contributed by atoms with E-state index < -0.39 is 11.4 Å². The van der Waals surface area contributed by atoms with Crippen LogP contribution in [-0.2, 0) is 15.0 Å². The molecule has 8 heteroatoms. The molecule has 3 atom stereocenters. The van der Waals surface area contributed by atoms with E-state index in [4.69, 9.17) is 0 Å². The highest BCUT2D eigenvalue weighted by molar-refractivity contribution is 5.91. The first-order chi connectivity index (χ1) is 12.5. The van der Waals surface area contributed by atoms with Crippen LogP contribution in [0.4, 0.5) is 4.39 Å². The summed E-state index contributed by atoms with van der Waals surface area (Å²) >= 11 is 0. The van der Waals surface area contributed by atoms with E-state index in [1.54, 1.807) is 23.1 Å². The fourth-order valence-corrected chi connectivity index (χ4v) is 4.45. The number of carbonyl (C=O) groups is 2. The van der Waals surface area contributed by atoms with Crippen molar-refractivity contribution in [3.63, 3.8) is 0 Å². The Kier molecular flexibility index (Phi) is 4.42. The SMILES string of the molecule is O=C(O)C[C@@H]1CN(C(=O)C2(c3ccccc3F)CC2)C[C@@H]1C1CNNN1. The number of aliphatic carboxylic acids is 1. The normalized spacial score (nSPS) is 29.7. The van der Waals surface area contributed by atoms with Gasteiger partial charge in [0.15, 0.2) is 0 Å². The minimum Gasteiger partial charge on any atom is -0.481 e. The molecule has 1 amide bonds. The van der Waals surface area contributed by atoms with E-state index in [1.807, 2.05) is 0 Å². The van der Waals surface area contributed by atoms with Gasteiger partial charge in [-0.3, -0.25) is 9.59 Å². The summed E-state index contributed by atoms with van der Waals surface area (Å²) in [5.41, 5.74) is 8.62. The first-order valence-corrected chi connectivity index (χ1v) is 9.01. The summed E-state index contributed by atoms with van der Waals surface area (Å²) in [6.45, 7) is 1.57. The lowest BCUT2D eigenvalue weighted by atomic mass is 9.87. The van der Waals surface area contributed by atoms with Crippen molar-refractivity contribution in [2.24, 2.45) is 11.8 Å². The van der Waals surface area contributed by atoms with Gasteiger partial charge >= 0.3 is 5.97 Å². The Bertz CT molecular complexity index is 718. The molecule has 1 unspecified atom stereocenters. The standard InChI is InChI=1S/C18H23FN4O3/c19-14-4-2-1-3-13(14)18(5-6-18)17(26)23-9-11(7-16(24)25)12(10-23)15-8-20-22-21-15/h1-4,11-12,15,20-22H,5-10H2,(H,24,25)/t11-,12+,15?/m1/s1. The van der Waals surface area contributed by atoms with Crippen LogP contribution in [0.2, 0.25) is 0 Å². The van der Waals surface area contributed by atoms with Crippen LogP contribution in [0.1, 0.15) is 24.8 Å². The van der Waals surface area contributed by atoms with Crippen LogP contribution in [-0.4, -0.2) is 47.6 Å². The Labute approximate surface area is 150 Å². The molecule has 140 valence electrons. The summed E-state index contributed by atoms with van der Waals surface area (Å²) in [6.07, 6.45) is 1.31. The van der Waals surface area contributed by atoms with Crippen LogP contribution in [0, 0.1) is 17.7 Å². The van der Waals surface area contributed by atoms with E-state index in [1.165, 1.54) is 6.07 Å². The number of hydrogen-bond donors (Lipinski definition) is 4. The van der Waals surface area contributed by atoms with E-state index in [2.05, 4.69) is 16.4 Å². The fourth-order valence-electron chi connectivity index (χ4n) is 4.45. The van der Waals surface area contributed by atoms with Crippen LogP contribution < -0.4 is 16.4 Å². The Morgan fingerprint density at radius 2 is 2.04 bits per heavy atom.